The first-order valence-corrected chi connectivity index (χ1v) is 6.91. The average Bonchev–Trinajstić information content (AvgIpc) is 2.39. The Hall–Kier alpha value is -1.20. The van der Waals surface area contributed by atoms with Gasteiger partial charge in [-0.3, -0.25) is 0 Å². The average molecular weight is 365 g/mol. The maximum atomic E-state index is 13.6. The summed E-state index contributed by atoms with van der Waals surface area (Å²) in [5.41, 5.74) is 0.836. The highest BCUT2D eigenvalue weighted by atomic mass is 79.9. The van der Waals surface area contributed by atoms with E-state index in [0.29, 0.717) is 5.56 Å². The normalized spacial score (nSPS) is 12.3. The zero-order valence-electron chi connectivity index (χ0n) is 10.4. The van der Waals surface area contributed by atoms with Crippen LogP contribution < -0.4 is 5.32 Å². The number of benzene rings is 2. The van der Waals surface area contributed by atoms with Crippen molar-refractivity contribution in [3.8, 4) is 0 Å². The van der Waals surface area contributed by atoms with Crippen LogP contribution in [0.5, 0.6) is 0 Å². The van der Waals surface area contributed by atoms with Crippen molar-refractivity contribution in [2.45, 2.75) is 13.0 Å². The van der Waals surface area contributed by atoms with Crippen molar-refractivity contribution in [1.29, 1.82) is 0 Å². The lowest BCUT2D eigenvalue weighted by Gasteiger charge is -2.17. The number of anilines is 1. The van der Waals surface area contributed by atoms with Crippen molar-refractivity contribution in [3.05, 3.63) is 62.8 Å². The Bertz CT molecular complexity index is 649. The van der Waals surface area contributed by atoms with Crippen LogP contribution in [0, 0.1) is 17.5 Å². The number of halogens is 5. The number of rotatable bonds is 3. The smallest absolute Gasteiger partial charge is 0.149 e. The van der Waals surface area contributed by atoms with Crippen LogP contribution in [0.4, 0.5) is 18.9 Å². The van der Waals surface area contributed by atoms with Gasteiger partial charge in [-0.2, -0.15) is 0 Å². The molecule has 1 N–H and O–H groups in total. The molecule has 20 heavy (non-hydrogen) atoms. The van der Waals surface area contributed by atoms with Gasteiger partial charge in [-0.25, -0.2) is 13.2 Å². The molecule has 0 aliphatic rings. The molecule has 0 bridgehead atoms. The Morgan fingerprint density at radius 2 is 1.75 bits per heavy atom. The van der Waals surface area contributed by atoms with Crippen LogP contribution in [0.2, 0.25) is 5.02 Å². The molecule has 2 aromatic rings. The van der Waals surface area contributed by atoms with E-state index in [2.05, 4.69) is 21.2 Å². The summed E-state index contributed by atoms with van der Waals surface area (Å²) in [5.74, 6) is -1.89. The van der Waals surface area contributed by atoms with Gasteiger partial charge in [-0.1, -0.05) is 17.7 Å². The molecule has 1 atom stereocenters. The molecular weight excluding hydrogens is 355 g/mol. The van der Waals surface area contributed by atoms with Gasteiger partial charge in [0, 0.05) is 12.1 Å². The quantitative estimate of drug-likeness (QED) is 0.690. The highest BCUT2D eigenvalue weighted by Gasteiger charge is 2.13. The van der Waals surface area contributed by atoms with Gasteiger partial charge in [0.15, 0.2) is 0 Å². The Labute approximate surface area is 127 Å². The SMILES string of the molecule is CC(Nc1cc(Br)c(F)cc1F)c1ccc(F)c(Cl)c1. The third-order valence-electron chi connectivity index (χ3n) is 2.83. The highest BCUT2D eigenvalue weighted by molar-refractivity contribution is 9.10. The largest absolute Gasteiger partial charge is 0.376 e. The molecule has 2 rings (SSSR count). The fourth-order valence-electron chi connectivity index (χ4n) is 1.73. The first kappa shape index (κ1) is 15.2. The molecule has 0 fully saturated rings. The fraction of sp³-hybridized carbons (Fsp3) is 0.143. The van der Waals surface area contributed by atoms with Gasteiger partial charge in [0.05, 0.1) is 15.2 Å². The zero-order chi connectivity index (χ0) is 14.9. The summed E-state index contributed by atoms with van der Waals surface area (Å²) in [6, 6.07) is 6.04. The van der Waals surface area contributed by atoms with Gasteiger partial charge < -0.3 is 5.32 Å². The first-order chi connectivity index (χ1) is 9.38. The molecule has 0 aliphatic carbocycles. The molecule has 2 aromatic carbocycles. The van der Waals surface area contributed by atoms with Crippen LogP contribution in [-0.2, 0) is 0 Å². The van der Waals surface area contributed by atoms with Crippen LogP contribution >= 0.6 is 27.5 Å². The Morgan fingerprint density at radius 1 is 1.05 bits per heavy atom. The summed E-state index contributed by atoms with van der Waals surface area (Å²) in [4.78, 5) is 0. The van der Waals surface area contributed by atoms with Gasteiger partial charge in [-0.15, -0.1) is 0 Å². The zero-order valence-corrected chi connectivity index (χ0v) is 12.7. The van der Waals surface area contributed by atoms with Gasteiger partial charge in [0.2, 0.25) is 0 Å². The van der Waals surface area contributed by atoms with Gasteiger partial charge in [0.1, 0.15) is 17.5 Å². The molecule has 106 valence electrons. The highest BCUT2D eigenvalue weighted by Crippen LogP contribution is 2.28. The molecule has 6 heteroatoms. The summed E-state index contributed by atoms with van der Waals surface area (Å²) in [6.45, 7) is 1.76. The van der Waals surface area contributed by atoms with Crippen molar-refractivity contribution in [2.75, 3.05) is 5.32 Å². The second-order valence-corrected chi connectivity index (χ2v) is 5.55. The molecule has 0 amide bonds. The summed E-state index contributed by atoms with van der Waals surface area (Å²) in [5, 5.41) is 2.89. The summed E-state index contributed by atoms with van der Waals surface area (Å²) in [6.07, 6.45) is 0. The second-order valence-electron chi connectivity index (χ2n) is 4.29. The van der Waals surface area contributed by atoms with E-state index in [1.54, 1.807) is 13.0 Å². The lowest BCUT2D eigenvalue weighted by molar-refractivity contribution is 0.579. The van der Waals surface area contributed by atoms with Crippen molar-refractivity contribution in [3.63, 3.8) is 0 Å². The standard InChI is InChI=1S/C14H10BrClF3N/c1-7(8-2-3-11(17)10(16)4-8)20-14-5-9(15)12(18)6-13(14)19/h2-7,20H,1H3. The van der Waals surface area contributed by atoms with Crippen LogP contribution in [-0.4, -0.2) is 0 Å². The molecule has 0 spiro atoms. The van der Waals surface area contributed by atoms with Crippen LogP contribution in [0.1, 0.15) is 18.5 Å². The lowest BCUT2D eigenvalue weighted by Crippen LogP contribution is -2.08. The van der Waals surface area contributed by atoms with Crippen LogP contribution in [0.3, 0.4) is 0 Å². The van der Waals surface area contributed by atoms with Crippen molar-refractivity contribution in [1.82, 2.24) is 0 Å². The Balaban J connectivity index is 2.25. The van der Waals surface area contributed by atoms with Crippen molar-refractivity contribution < 1.29 is 13.2 Å². The van der Waals surface area contributed by atoms with E-state index in [1.807, 2.05) is 0 Å². The number of nitrogens with one attached hydrogen (secondary N) is 1. The fourth-order valence-corrected chi connectivity index (χ4v) is 2.26. The van der Waals surface area contributed by atoms with Gasteiger partial charge >= 0.3 is 0 Å². The topological polar surface area (TPSA) is 12.0 Å². The van der Waals surface area contributed by atoms with Crippen molar-refractivity contribution >= 4 is 33.2 Å². The Morgan fingerprint density at radius 3 is 2.40 bits per heavy atom. The summed E-state index contributed by atoms with van der Waals surface area (Å²) in [7, 11) is 0. The minimum Gasteiger partial charge on any atom is -0.376 e. The first-order valence-electron chi connectivity index (χ1n) is 5.74. The molecule has 0 aromatic heterocycles. The van der Waals surface area contributed by atoms with E-state index in [9.17, 15) is 13.2 Å². The number of hydrogen-bond acceptors (Lipinski definition) is 1. The van der Waals surface area contributed by atoms with E-state index in [-0.39, 0.29) is 21.2 Å². The molecular formula is C14H10BrClF3N. The van der Waals surface area contributed by atoms with Gasteiger partial charge in [-0.05, 0) is 46.6 Å². The lowest BCUT2D eigenvalue weighted by atomic mass is 10.1. The predicted molar refractivity (Wildman–Crippen MR) is 77.5 cm³/mol. The van der Waals surface area contributed by atoms with Crippen LogP contribution in [0.15, 0.2) is 34.8 Å². The molecule has 0 saturated heterocycles. The van der Waals surface area contributed by atoms with E-state index < -0.39 is 17.5 Å². The molecule has 1 nitrogen and oxygen atoms in total. The van der Waals surface area contributed by atoms with E-state index in [1.165, 1.54) is 18.2 Å². The molecule has 0 heterocycles. The number of hydrogen-bond donors (Lipinski definition) is 1. The van der Waals surface area contributed by atoms with E-state index in [0.717, 1.165) is 6.07 Å². The van der Waals surface area contributed by atoms with Crippen LogP contribution in [0.25, 0.3) is 0 Å². The van der Waals surface area contributed by atoms with E-state index >= 15 is 0 Å². The maximum Gasteiger partial charge on any atom is 0.149 e. The molecule has 1 unspecified atom stereocenters. The molecule has 0 radical (unpaired) electrons. The summed E-state index contributed by atoms with van der Waals surface area (Å²) >= 11 is 8.70. The van der Waals surface area contributed by atoms with Crippen molar-refractivity contribution in [2.24, 2.45) is 0 Å². The summed E-state index contributed by atoms with van der Waals surface area (Å²) < 4.78 is 40.0. The minimum absolute atomic E-state index is 0.00286. The second kappa shape index (κ2) is 6.06. The maximum absolute atomic E-state index is 13.6. The monoisotopic (exact) mass is 363 g/mol. The minimum atomic E-state index is -0.703. The predicted octanol–water partition coefficient (Wildman–Crippen LogP) is 5.69. The molecule has 0 saturated carbocycles. The van der Waals surface area contributed by atoms with Gasteiger partial charge in [0.25, 0.3) is 0 Å². The third kappa shape index (κ3) is 3.27. The Kier molecular flexibility index (Phi) is 4.60. The van der Waals surface area contributed by atoms with E-state index in [4.69, 9.17) is 11.6 Å². The third-order valence-corrected chi connectivity index (χ3v) is 3.72. The molecule has 0 aliphatic heterocycles.